The van der Waals surface area contributed by atoms with Crippen LogP contribution in [-0.2, 0) is 0 Å². The van der Waals surface area contributed by atoms with Crippen molar-refractivity contribution in [2.24, 2.45) is 0 Å². The van der Waals surface area contributed by atoms with Crippen molar-refractivity contribution in [2.45, 2.75) is 0 Å². The highest BCUT2D eigenvalue weighted by Crippen LogP contribution is 2.09. The first-order valence-electron chi connectivity index (χ1n) is 7.81. The third-order valence-corrected chi connectivity index (χ3v) is 5.88. The molecule has 0 aliphatic heterocycles. The van der Waals surface area contributed by atoms with E-state index in [2.05, 4.69) is 6.58 Å². The molecule has 27 heavy (non-hydrogen) atoms. The summed E-state index contributed by atoms with van der Waals surface area (Å²) in [7, 11) is 0. The number of rotatable bonds is 5. The molecule has 0 N–H and O–H groups in total. The van der Waals surface area contributed by atoms with Gasteiger partial charge < -0.3 is 0 Å². The van der Waals surface area contributed by atoms with Crippen LogP contribution in [0, 0.1) is 27.4 Å². The van der Waals surface area contributed by atoms with Gasteiger partial charge in [0.15, 0.2) is 0 Å². The van der Waals surface area contributed by atoms with Crippen LogP contribution in [0.5, 0.6) is 0 Å². The van der Waals surface area contributed by atoms with Crippen LogP contribution in [0.1, 0.15) is 5.56 Å². The molecule has 0 aromatic heterocycles. The molecule has 7 heteroatoms. The minimum atomic E-state index is -0.665. The zero-order valence-corrected chi connectivity index (χ0v) is 16.4. The van der Waals surface area contributed by atoms with E-state index in [1.54, 1.807) is 24.3 Å². The molecule has 6 nitrogen and oxygen atoms in total. The van der Waals surface area contributed by atoms with E-state index in [-0.39, 0.29) is 11.4 Å². The van der Waals surface area contributed by atoms with Crippen molar-refractivity contribution in [1.29, 1.82) is 0 Å². The van der Waals surface area contributed by atoms with Crippen LogP contribution in [0.15, 0.2) is 85.4 Å². The molecular formula is C20H16IN2O4+. The molecule has 0 atom stereocenters. The fourth-order valence-corrected chi connectivity index (χ4v) is 4.46. The normalized spacial score (nSPS) is 9.63. The van der Waals surface area contributed by atoms with Gasteiger partial charge in [-0.3, -0.25) is 20.2 Å². The quantitative estimate of drug-likeness (QED) is 0.321. The van der Waals surface area contributed by atoms with Crippen LogP contribution >= 0.6 is 0 Å². The van der Waals surface area contributed by atoms with Gasteiger partial charge in [-0.1, -0.05) is 55.1 Å². The fraction of sp³-hybridized carbons (Fsp3) is 0. The number of benzene rings is 3. The number of nitro benzene ring substituents is 2. The molecule has 0 spiro atoms. The molecule has 0 heterocycles. The molecule has 3 aromatic carbocycles. The minimum absolute atomic E-state index is 0.0441. The SMILES string of the molecule is C=Cc1ccccc1.O=[N+]([O-])c1cccc([I+]c2cccc([N+](=O)[O-])c2)c1. The number of hydrogen-bond donors (Lipinski definition) is 0. The maximum atomic E-state index is 10.7. The van der Waals surface area contributed by atoms with Crippen LogP contribution in [0.3, 0.4) is 0 Å². The monoisotopic (exact) mass is 475 g/mol. The van der Waals surface area contributed by atoms with Crippen LogP contribution in [-0.4, -0.2) is 9.85 Å². The van der Waals surface area contributed by atoms with Crippen molar-refractivity contribution in [3.63, 3.8) is 0 Å². The molecule has 3 aromatic rings. The van der Waals surface area contributed by atoms with Crippen LogP contribution in [0.4, 0.5) is 11.4 Å². The van der Waals surface area contributed by atoms with Crippen molar-refractivity contribution in [3.8, 4) is 0 Å². The van der Waals surface area contributed by atoms with Crippen LogP contribution in [0.25, 0.3) is 6.08 Å². The van der Waals surface area contributed by atoms with Gasteiger partial charge in [-0.15, -0.1) is 0 Å². The highest BCUT2D eigenvalue weighted by Gasteiger charge is 2.21. The maximum absolute atomic E-state index is 10.7. The number of hydrogen-bond acceptors (Lipinski definition) is 4. The molecule has 136 valence electrons. The zero-order valence-electron chi connectivity index (χ0n) is 14.2. The summed E-state index contributed by atoms with van der Waals surface area (Å²) in [4.78, 5) is 20.5. The van der Waals surface area contributed by atoms with E-state index in [1.807, 2.05) is 36.4 Å². The lowest BCUT2D eigenvalue weighted by atomic mass is 10.2. The second-order valence-corrected chi connectivity index (χ2v) is 8.21. The van der Waals surface area contributed by atoms with Gasteiger partial charge in [0, 0.05) is 12.1 Å². The summed E-state index contributed by atoms with van der Waals surface area (Å²) in [5.41, 5.74) is 1.26. The van der Waals surface area contributed by atoms with Gasteiger partial charge in [0.05, 0.1) is 22.0 Å². The van der Waals surface area contributed by atoms with E-state index in [1.165, 1.54) is 29.8 Å². The minimum Gasteiger partial charge on any atom is -0.258 e. The average Bonchev–Trinajstić information content (AvgIpc) is 2.69. The summed E-state index contributed by atoms with van der Waals surface area (Å²) >= 11 is -0.665. The first-order valence-corrected chi connectivity index (χ1v) is 9.96. The molecule has 0 fully saturated rings. The summed E-state index contributed by atoms with van der Waals surface area (Å²) in [6, 6.07) is 22.8. The van der Waals surface area contributed by atoms with Gasteiger partial charge in [-0.05, 0) is 17.7 Å². The average molecular weight is 475 g/mol. The highest BCUT2D eigenvalue weighted by molar-refractivity contribution is 5.45. The van der Waals surface area contributed by atoms with Crippen molar-refractivity contribution in [2.75, 3.05) is 0 Å². The third-order valence-electron chi connectivity index (χ3n) is 3.29. The van der Waals surface area contributed by atoms with Gasteiger partial charge >= 0.3 is 21.2 Å². The van der Waals surface area contributed by atoms with Gasteiger partial charge in [-0.25, -0.2) is 0 Å². The van der Waals surface area contributed by atoms with Gasteiger partial charge in [0.1, 0.15) is 0 Å². The van der Waals surface area contributed by atoms with E-state index in [0.717, 1.165) is 7.14 Å². The van der Waals surface area contributed by atoms with E-state index < -0.39 is 31.1 Å². The summed E-state index contributed by atoms with van der Waals surface area (Å²) in [6.07, 6.45) is 1.83. The predicted molar refractivity (Wildman–Crippen MR) is 100 cm³/mol. The summed E-state index contributed by atoms with van der Waals surface area (Å²) in [5, 5.41) is 21.4. The second-order valence-electron chi connectivity index (χ2n) is 5.18. The van der Waals surface area contributed by atoms with Crippen molar-refractivity contribution >= 4 is 17.5 Å². The van der Waals surface area contributed by atoms with E-state index in [0.29, 0.717) is 0 Å². The fourth-order valence-electron chi connectivity index (χ4n) is 2.01. The van der Waals surface area contributed by atoms with Crippen LogP contribution in [0.2, 0.25) is 0 Å². The Balaban J connectivity index is 0.000000273. The molecule has 0 saturated heterocycles. The molecule has 0 unspecified atom stereocenters. The Morgan fingerprint density at radius 1 is 0.741 bits per heavy atom. The maximum Gasteiger partial charge on any atom is 0.358 e. The van der Waals surface area contributed by atoms with Crippen molar-refractivity contribution in [1.82, 2.24) is 0 Å². The molecule has 0 bridgehead atoms. The Bertz CT molecular complexity index is 890. The number of nitro groups is 2. The summed E-state index contributed by atoms with van der Waals surface area (Å²) < 4.78 is 1.71. The largest absolute Gasteiger partial charge is 0.358 e. The lowest BCUT2D eigenvalue weighted by molar-refractivity contribution is -0.598. The Morgan fingerprint density at radius 2 is 1.22 bits per heavy atom. The molecule has 0 aliphatic carbocycles. The Kier molecular flexibility index (Phi) is 7.63. The van der Waals surface area contributed by atoms with E-state index in [9.17, 15) is 20.2 Å². The van der Waals surface area contributed by atoms with Gasteiger partial charge in [0.2, 0.25) is 7.14 Å². The molecule has 0 amide bonds. The summed E-state index contributed by atoms with van der Waals surface area (Å²) in [6.45, 7) is 3.63. The van der Waals surface area contributed by atoms with Crippen molar-refractivity contribution < 1.29 is 31.1 Å². The third kappa shape index (κ3) is 6.63. The lowest BCUT2D eigenvalue weighted by Gasteiger charge is -1.91. The van der Waals surface area contributed by atoms with Gasteiger partial charge in [0.25, 0.3) is 11.4 Å². The number of halogens is 1. The van der Waals surface area contributed by atoms with Crippen LogP contribution < -0.4 is 21.2 Å². The number of non-ortho nitro benzene ring substituents is 2. The topological polar surface area (TPSA) is 86.3 Å². The molecule has 0 saturated carbocycles. The smallest absolute Gasteiger partial charge is 0.258 e. The Morgan fingerprint density at radius 3 is 1.59 bits per heavy atom. The highest BCUT2D eigenvalue weighted by atomic mass is 127. The molecular weight excluding hydrogens is 459 g/mol. The molecule has 3 rings (SSSR count). The predicted octanol–water partition coefficient (Wildman–Crippen LogP) is 1.96. The summed E-state index contributed by atoms with van der Waals surface area (Å²) in [5.74, 6) is 0. The lowest BCUT2D eigenvalue weighted by Crippen LogP contribution is -3.61. The van der Waals surface area contributed by atoms with Crippen molar-refractivity contribution in [3.05, 3.63) is 118 Å². The zero-order chi connectivity index (χ0) is 19.6. The Hall–Kier alpha value is -3.07. The number of nitrogens with zero attached hydrogens (tertiary/aromatic N) is 2. The first kappa shape index (κ1) is 20.2. The molecule has 0 aliphatic rings. The van der Waals surface area contributed by atoms with Gasteiger partial charge in [-0.2, -0.15) is 0 Å². The standard InChI is InChI=1S/C12H8IN2O4.C8H8/c16-14(17)11-5-1-3-9(7-11)13-10-4-2-6-12(8-10)15(18)19;1-2-8-6-4-3-5-7-8/h1-8H;2-7H,1H2/q+1;. The first-order chi connectivity index (χ1) is 13.0. The second kappa shape index (κ2) is 10.2. The Labute approximate surface area is 166 Å². The molecule has 0 radical (unpaired) electrons. The van der Waals surface area contributed by atoms with E-state index in [4.69, 9.17) is 0 Å². The van der Waals surface area contributed by atoms with E-state index >= 15 is 0 Å².